The fourth-order valence-electron chi connectivity index (χ4n) is 3.42. The molecule has 3 rings (SSSR count). The molecule has 1 aliphatic heterocycles. The SMILES string of the molecule is N#CC(C#N)=C1c2ccccc2OC[C@H]1[C@@H](C[N+](=O)[O-])c1cccc(Cl)c1. The topological polar surface area (TPSA) is 100.0 Å². The molecule has 0 spiro atoms. The number of para-hydroxylation sites is 1. The van der Waals surface area contributed by atoms with Crippen molar-refractivity contribution < 1.29 is 9.66 Å². The van der Waals surface area contributed by atoms with Gasteiger partial charge in [0.2, 0.25) is 6.54 Å². The van der Waals surface area contributed by atoms with Crippen LogP contribution in [-0.4, -0.2) is 18.1 Å². The van der Waals surface area contributed by atoms with Gasteiger partial charge < -0.3 is 4.74 Å². The summed E-state index contributed by atoms with van der Waals surface area (Å²) in [5, 5.41) is 30.8. The summed E-state index contributed by atoms with van der Waals surface area (Å²) in [6.45, 7) is -0.242. The Bertz CT molecular complexity index is 988. The van der Waals surface area contributed by atoms with Crippen molar-refractivity contribution in [3.05, 3.63) is 80.4 Å². The van der Waals surface area contributed by atoms with E-state index >= 15 is 0 Å². The van der Waals surface area contributed by atoms with Crippen LogP contribution in [-0.2, 0) is 0 Å². The first-order valence-corrected chi connectivity index (χ1v) is 8.56. The molecule has 27 heavy (non-hydrogen) atoms. The van der Waals surface area contributed by atoms with E-state index in [0.29, 0.717) is 27.5 Å². The van der Waals surface area contributed by atoms with Gasteiger partial charge in [0.05, 0.1) is 12.5 Å². The van der Waals surface area contributed by atoms with Gasteiger partial charge in [-0.05, 0) is 29.3 Å². The van der Waals surface area contributed by atoms with Gasteiger partial charge in [0.15, 0.2) is 0 Å². The molecule has 2 aromatic carbocycles. The summed E-state index contributed by atoms with van der Waals surface area (Å²) in [7, 11) is 0. The number of nitro groups is 1. The Morgan fingerprint density at radius 1 is 1.26 bits per heavy atom. The molecule has 134 valence electrons. The maximum atomic E-state index is 11.4. The number of benzene rings is 2. The van der Waals surface area contributed by atoms with Crippen LogP contribution >= 0.6 is 11.6 Å². The molecular weight excluding hydrogens is 366 g/mol. The quantitative estimate of drug-likeness (QED) is 0.450. The minimum atomic E-state index is -0.598. The van der Waals surface area contributed by atoms with E-state index in [0.717, 1.165) is 0 Å². The zero-order chi connectivity index (χ0) is 19.4. The number of nitriles is 2. The van der Waals surface area contributed by atoms with Crippen LogP contribution in [0.3, 0.4) is 0 Å². The van der Waals surface area contributed by atoms with Crippen LogP contribution in [0.5, 0.6) is 5.75 Å². The van der Waals surface area contributed by atoms with Gasteiger partial charge in [0.1, 0.15) is 23.5 Å². The molecule has 1 heterocycles. The van der Waals surface area contributed by atoms with Gasteiger partial charge in [-0.1, -0.05) is 41.9 Å². The van der Waals surface area contributed by atoms with E-state index in [9.17, 15) is 20.6 Å². The molecule has 1 aliphatic rings. The lowest BCUT2D eigenvalue weighted by Gasteiger charge is -2.32. The van der Waals surface area contributed by atoms with Crippen LogP contribution in [0.15, 0.2) is 54.1 Å². The number of allylic oxidation sites excluding steroid dienone is 1. The van der Waals surface area contributed by atoms with Gasteiger partial charge in [-0.25, -0.2) is 0 Å². The molecule has 0 saturated heterocycles. The lowest BCUT2D eigenvalue weighted by Crippen LogP contribution is -2.30. The molecule has 0 bridgehead atoms. The third kappa shape index (κ3) is 3.76. The van der Waals surface area contributed by atoms with Gasteiger partial charge >= 0.3 is 0 Å². The highest BCUT2D eigenvalue weighted by Crippen LogP contribution is 2.44. The standard InChI is InChI=1S/C20H14ClN3O3/c21-15-5-3-4-13(8-15)17(11-24(25)26)18-12-27-19-7-2-1-6-16(19)20(18)14(9-22)10-23/h1-8,17-18H,11-12H2/t17-,18-/m0/s1. The number of rotatable bonds is 4. The molecule has 0 amide bonds. The lowest BCUT2D eigenvalue weighted by atomic mass is 9.76. The Morgan fingerprint density at radius 3 is 2.67 bits per heavy atom. The first kappa shape index (κ1) is 18.4. The van der Waals surface area contributed by atoms with Crippen LogP contribution in [0.2, 0.25) is 5.02 Å². The Balaban J connectivity index is 2.19. The molecule has 7 heteroatoms. The van der Waals surface area contributed by atoms with Crippen molar-refractivity contribution in [3.8, 4) is 17.9 Å². The number of nitrogens with zero attached hydrogens (tertiary/aromatic N) is 3. The van der Waals surface area contributed by atoms with Crippen molar-refractivity contribution >= 4 is 17.2 Å². The Kier molecular flexibility index (Phi) is 5.40. The van der Waals surface area contributed by atoms with Crippen molar-refractivity contribution in [2.24, 2.45) is 5.92 Å². The number of ether oxygens (including phenoxy) is 1. The smallest absolute Gasteiger partial charge is 0.211 e. The molecule has 0 radical (unpaired) electrons. The zero-order valence-corrected chi connectivity index (χ0v) is 14.9. The van der Waals surface area contributed by atoms with Crippen LogP contribution in [0, 0.1) is 38.7 Å². The molecule has 0 unspecified atom stereocenters. The predicted octanol–water partition coefficient (Wildman–Crippen LogP) is 4.21. The number of fused-ring (bicyclic) bond motifs is 1. The number of halogens is 1. The maximum absolute atomic E-state index is 11.4. The highest BCUT2D eigenvalue weighted by Gasteiger charge is 2.37. The first-order chi connectivity index (χ1) is 13.0. The monoisotopic (exact) mass is 379 g/mol. The van der Waals surface area contributed by atoms with Crippen molar-refractivity contribution in [3.63, 3.8) is 0 Å². The van der Waals surface area contributed by atoms with E-state index < -0.39 is 16.8 Å². The molecule has 6 nitrogen and oxygen atoms in total. The molecule has 0 saturated carbocycles. The largest absolute Gasteiger partial charge is 0.492 e. The van der Waals surface area contributed by atoms with Crippen LogP contribution < -0.4 is 4.74 Å². The summed E-state index contributed by atoms with van der Waals surface area (Å²) in [4.78, 5) is 11.0. The van der Waals surface area contributed by atoms with Crippen LogP contribution in [0.1, 0.15) is 17.0 Å². The van der Waals surface area contributed by atoms with Crippen molar-refractivity contribution in [1.82, 2.24) is 0 Å². The second kappa shape index (κ2) is 7.90. The van der Waals surface area contributed by atoms with Gasteiger partial charge in [-0.2, -0.15) is 10.5 Å². The summed E-state index contributed by atoms with van der Waals surface area (Å²) < 4.78 is 5.81. The van der Waals surface area contributed by atoms with E-state index in [2.05, 4.69) is 0 Å². The van der Waals surface area contributed by atoms with Crippen molar-refractivity contribution in [2.75, 3.05) is 13.2 Å². The molecule has 0 aromatic heterocycles. The average Bonchev–Trinajstić information content (AvgIpc) is 2.67. The minimum Gasteiger partial charge on any atom is -0.492 e. The van der Waals surface area contributed by atoms with Crippen LogP contribution in [0.25, 0.3) is 5.57 Å². The molecule has 0 fully saturated rings. The summed E-state index contributed by atoms with van der Waals surface area (Å²) in [5.41, 5.74) is 1.70. The molecular formula is C20H14ClN3O3. The summed E-state index contributed by atoms with van der Waals surface area (Å²) in [5.74, 6) is -0.575. The van der Waals surface area contributed by atoms with Crippen molar-refractivity contribution in [1.29, 1.82) is 10.5 Å². The van der Waals surface area contributed by atoms with Crippen LogP contribution in [0.4, 0.5) is 0 Å². The van der Waals surface area contributed by atoms with E-state index in [-0.39, 0.29) is 18.7 Å². The summed E-state index contributed by atoms with van der Waals surface area (Å²) in [6.07, 6.45) is 0. The second-order valence-electron chi connectivity index (χ2n) is 6.10. The molecule has 2 aromatic rings. The van der Waals surface area contributed by atoms with E-state index in [1.165, 1.54) is 0 Å². The second-order valence-corrected chi connectivity index (χ2v) is 6.54. The van der Waals surface area contributed by atoms with E-state index in [4.69, 9.17) is 16.3 Å². The maximum Gasteiger partial charge on any atom is 0.211 e. The van der Waals surface area contributed by atoms with E-state index in [1.807, 2.05) is 12.1 Å². The zero-order valence-electron chi connectivity index (χ0n) is 14.1. The summed E-state index contributed by atoms with van der Waals surface area (Å²) >= 11 is 6.08. The Morgan fingerprint density at radius 2 is 2.00 bits per heavy atom. The van der Waals surface area contributed by atoms with Crippen molar-refractivity contribution in [2.45, 2.75) is 5.92 Å². The molecule has 0 N–H and O–H groups in total. The fourth-order valence-corrected chi connectivity index (χ4v) is 3.62. The van der Waals surface area contributed by atoms with Gasteiger partial charge in [0.25, 0.3) is 0 Å². The van der Waals surface area contributed by atoms with Gasteiger partial charge in [-0.3, -0.25) is 10.1 Å². The van der Waals surface area contributed by atoms with Gasteiger partial charge in [-0.15, -0.1) is 0 Å². The number of hydrogen-bond acceptors (Lipinski definition) is 5. The third-order valence-corrected chi connectivity index (χ3v) is 4.80. The van der Waals surface area contributed by atoms with E-state index in [1.54, 1.807) is 48.5 Å². The highest BCUT2D eigenvalue weighted by atomic mass is 35.5. The Hall–Kier alpha value is -3.35. The first-order valence-electron chi connectivity index (χ1n) is 8.19. The fraction of sp³-hybridized carbons (Fsp3) is 0.200. The minimum absolute atomic E-state index is 0.0638. The number of hydrogen-bond donors (Lipinski definition) is 0. The summed E-state index contributed by atoms with van der Waals surface area (Å²) in [6, 6.07) is 17.8. The normalized spacial score (nSPS) is 16.3. The third-order valence-electron chi connectivity index (χ3n) is 4.57. The highest BCUT2D eigenvalue weighted by molar-refractivity contribution is 6.30. The average molecular weight is 380 g/mol. The Labute approximate surface area is 161 Å². The van der Waals surface area contributed by atoms with Gasteiger partial charge in [0, 0.05) is 21.4 Å². The molecule has 0 aliphatic carbocycles. The predicted molar refractivity (Wildman–Crippen MR) is 99.6 cm³/mol. The lowest BCUT2D eigenvalue weighted by molar-refractivity contribution is -0.484. The molecule has 2 atom stereocenters.